The third-order valence-electron chi connectivity index (χ3n) is 4.71. The fourth-order valence-corrected chi connectivity index (χ4v) is 4.17. The van der Waals surface area contributed by atoms with Crippen LogP contribution in [0.3, 0.4) is 0 Å². The molecule has 27 heavy (non-hydrogen) atoms. The fraction of sp³-hybridized carbons (Fsp3) is 0.300. The minimum atomic E-state index is -3.96. The molecule has 6 nitrogen and oxygen atoms in total. The summed E-state index contributed by atoms with van der Waals surface area (Å²) in [5, 5.41) is 2.80. The number of nitrogens with one attached hydrogen (secondary N) is 2. The van der Waals surface area contributed by atoms with Crippen LogP contribution in [0.25, 0.3) is 0 Å². The molecule has 0 bridgehead atoms. The van der Waals surface area contributed by atoms with E-state index in [2.05, 4.69) is 10.0 Å². The van der Waals surface area contributed by atoms with Gasteiger partial charge in [-0.15, -0.1) is 0 Å². The van der Waals surface area contributed by atoms with Crippen molar-refractivity contribution >= 4 is 27.5 Å². The van der Waals surface area contributed by atoms with Crippen molar-refractivity contribution in [3.63, 3.8) is 0 Å². The number of carbonyl (C=O) groups is 2. The molecule has 1 saturated carbocycles. The molecule has 2 aromatic carbocycles. The smallest absolute Gasteiger partial charge is 0.264 e. The predicted octanol–water partition coefficient (Wildman–Crippen LogP) is 3.02. The Morgan fingerprint density at radius 2 is 1.67 bits per heavy atom. The molecule has 0 radical (unpaired) electrons. The molecule has 0 spiro atoms. The molecule has 2 amide bonds. The highest BCUT2D eigenvalue weighted by Crippen LogP contribution is 2.38. The molecule has 1 aliphatic carbocycles. The van der Waals surface area contributed by atoms with E-state index >= 15 is 0 Å². The first-order chi connectivity index (χ1) is 12.7. The summed E-state index contributed by atoms with van der Waals surface area (Å²) in [6.07, 6.45) is 0.891. The second-order valence-corrected chi connectivity index (χ2v) is 8.74. The molecule has 2 aromatic rings. The molecule has 3 rings (SSSR count). The van der Waals surface area contributed by atoms with Crippen molar-refractivity contribution in [2.45, 2.75) is 32.1 Å². The van der Waals surface area contributed by atoms with Gasteiger partial charge in [0.15, 0.2) is 0 Å². The van der Waals surface area contributed by atoms with Crippen LogP contribution in [0.5, 0.6) is 0 Å². The van der Waals surface area contributed by atoms with Gasteiger partial charge in [-0.2, -0.15) is 0 Å². The van der Waals surface area contributed by atoms with E-state index in [4.69, 9.17) is 0 Å². The number of anilines is 1. The third-order valence-corrected chi connectivity index (χ3v) is 6.20. The minimum Gasteiger partial charge on any atom is -0.326 e. The van der Waals surface area contributed by atoms with Crippen LogP contribution in [0.1, 0.15) is 34.8 Å². The number of hydrogen-bond donors (Lipinski definition) is 2. The van der Waals surface area contributed by atoms with Crippen molar-refractivity contribution in [3.8, 4) is 0 Å². The first-order valence-corrected chi connectivity index (χ1v) is 10.2. The molecule has 0 saturated heterocycles. The number of hydrogen-bond acceptors (Lipinski definition) is 4. The van der Waals surface area contributed by atoms with Crippen LogP contribution in [-0.2, 0) is 14.8 Å². The van der Waals surface area contributed by atoms with E-state index in [0.717, 1.165) is 12.0 Å². The second kappa shape index (κ2) is 7.15. The molecule has 142 valence electrons. The fourth-order valence-electron chi connectivity index (χ4n) is 2.96. The van der Waals surface area contributed by atoms with E-state index in [9.17, 15) is 18.0 Å². The Morgan fingerprint density at radius 1 is 1.04 bits per heavy atom. The van der Waals surface area contributed by atoms with E-state index < -0.39 is 15.9 Å². The molecular formula is C20H22N2O4S. The lowest BCUT2D eigenvalue weighted by Crippen LogP contribution is -2.31. The number of carbonyl (C=O) groups excluding carboxylic acids is 2. The Bertz CT molecular complexity index is 997. The maximum atomic E-state index is 12.5. The first kappa shape index (κ1) is 19.1. The van der Waals surface area contributed by atoms with Gasteiger partial charge < -0.3 is 5.32 Å². The summed E-state index contributed by atoms with van der Waals surface area (Å²) in [5.74, 6) is -0.290. The Hall–Kier alpha value is -2.67. The molecule has 0 aliphatic heterocycles. The average molecular weight is 386 g/mol. The Labute approximate surface area is 159 Å². The molecule has 0 aromatic heterocycles. The van der Waals surface area contributed by atoms with Crippen molar-refractivity contribution in [1.29, 1.82) is 0 Å². The number of sulfonamides is 1. The number of aryl methyl sites for hydroxylation is 2. The lowest BCUT2D eigenvalue weighted by Gasteiger charge is -2.10. The normalized spacial score (nSPS) is 18.6. The molecule has 2 N–H and O–H groups in total. The topological polar surface area (TPSA) is 92.3 Å². The minimum absolute atomic E-state index is 0.0304. The Balaban J connectivity index is 1.69. The summed E-state index contributed by atoms with van der Waals surface area (Å²) in [5.41, 5.74) is 2.28. The van der Waals surface area contributed by atoms with Crippen LogP contribution < -0.4 is 10.0 Å². The van der Waals surface area contributed by atoms with Crippen LogP contribution in [0.4, 0.5) is 5.69 Å². The largest absolute Gasteiger partial charge is 0.326 e. The van der Waals surface area contributed by atoms with Gasteiger partial charge in [-0.1, -0.05) is 24.6 Å². The first-order valence-electron chi connectivity index (χ1n) is 8.73. The van der Waals surface area contributed by atoms with Gasteiger partial charge in [0, 0.05) is 17.2 Å². The third kappa shape index (κ3) is 4.36. The monoisotopic (exact) mass is 386 g/mol. The summed E-state index contributed by atoms with van der Waals surface area (Å²) in [7, 11) is -3.96. The zero-order valence-corrected chi connectivity index (χ0v) is 16.3. The molecule has 2 unspecified atom stereocenters. The summed E-state index contributed by atoms with van der Waals surface area (Å²) in [6.45, 7) is 5.57. The van der Waals surface area contributed by atoms with Crippen molar-refractivity contribution in [1.82, 2.24) is 4.72 Å². The van der Waals surface area contributed by atoms with Gasteiger partial charge in [0.1, 0.15) is 0 Å². The number of amides is 2. The zero-order chi connectivity index (χ0) is 19.8. The van der Waals surface area contributed by atoms with Crippen molar-refractivity contribution in [3.05, 3.63) is 59.2 Å². The lowest BCUT2D eigenvalue weighted by atomic mass is 10.2. The van der Waals surface area contributed by atoms with E-state index in [1.807, 2.05) is 13.8 Å². The zero-order valence-electron chi connectivity index (χ0n) is 15.4. The van der Waals surface area contributed by atoms with E-state index in [-0.39, 0.29) is 22.3 Å². The van der Waals surface area contributed by atoms with Gasteiger partial charge in [0.05, 0.1) is 4.90 Å². The second-order valence-electron chi connectivity index (χ2n) is 7.09. The number of rotatable bonds is 5. The van der Waals surface area contributed by atoms with Gasteiger partial charge in [0.25, 0.3) is 15.9 Å². The van der Waals surface area contributed by atoms with Gasteiger partial charge in [-0.05, 0) is 62.1 Å². The molecule has 2 atom stereocenters. The van der Waals surface area contributed by atoms with E-state index in [1.54, 1.807) is 31.2 Å². The highest BCUT2D eigenvalue weighted by molar-refractivity contribution is 7.90. The van der Waals surface area contributed by atoms with Crippen molar-refractivity contribution in [2.24, 2.45) is 11.8 Å². The summed E-state index contributed by atoms with van der Waals surface area (Å²) in [6, 6.07) is 11.1. The SMILES string of the molecule is Cc1ccc(S(=O)(=O)NC(=O)c2ccc(NC(=O)C3CC3C)cc2)c(C)c1. The van der Waals surface area contributed by atoms with Crippen LogP contribution in [0.2, 0.25) is 0 Å². The molecular weight excluding hydrogens is 364 g/mol. The average Bonchev–Trinajstić information content (AvgIpc) is 3.31. The maximum Gasteiger partial charge on any atom is 0.264 e. The Morgan fingerprint density at radius 3 is 2.22 bits per heavy atom. The number of benzene rings is 2. The molecule has 0 heterocycles. The van der Waals surface area contributed by atoms with Gasteiger partial charge in [-0.3, -0.25) is 9.59 Å². The lowest BCUT2D eigenvalue weighted by molar-refractivity contribution is -0.117. The molecule has 1 fully saturated rings. The van der Waals surface area contributed by atoms with Gasteiger partial charge in [-0.25, -0.2) is 13.1 Å². The van der Waals surface area contributed by atoms with Crippen molar-refractivity contribution < 1.29 is 18.0 Å². The van der Waals surface area contributed by atoms with E-state index in [0.29, 0.717) is 17.2 Å². The summed E-state index contributed by atoms with van der Waals surface area (Å²) < 4.78 is 27.1. The molecule has 7 heteroatoms. The standard InChI is InChI=1S/C20H22N2O4S/c1-12-4-9-18(14(3)10-12)27(25,26)22-19(23)15-5-7-16(8-6-15)21-20(24)17-11-13(17)2/h4-10,13,17H,11H2,1-3H3,(H,21,24)(H,22,23). The van der Waals surface area contributed by atoms with Crippen LogP contribution in [-0.4, -0.2) is 20.2 Å². The highest BCUT2D eigenvalue weighted by Gasteiger charge is 2.39. The van der Waals surface area contributed by atoms with Crippen molar-refractivity contribution in [2.75, 3.05) is 5.32 Å². The summed E-state index contributed by atoms with van der Waals surface area (Å²) >= 11 is 0. The molecule has 1 aliphatic rings. The maximum absolute atomic E-state index is 12.5. The summed E-state index contributed by atoms with van der Waals surface area (Å²) in [4.78, 5) is 24.3. The highest BCUT2D eigenvalue weighted by atomic mass is 32.2. The Kier molecular flexibility index (Phi) is 5.06. The van der Waals surface area contributed by atoms with Crippen LogP contribution >= 0.6 is 0 Å². The quantitative estimate of drug-likeness (QED) is 0.826. The van der Waals surface area contributed by atoms with Crippen LogP contribution in [0.15, 0.2) is 47.4 Å². The van der Waals surface area contributed by atoms with Gasteiger partial charge in [0.2, 0.25) is 5.91 Å². The van der Waals surface area contributed by atoms with Gasteiger partial charge >= 0.3 is 0 Å². The van der Waals surface area contributed by atoms with Crippen LogP contribution in [0, 0.1) is 25.7 Å². The predicted molar refractivity (Wildman–Crippen MR) is 103 cm³/mol. The van der Waals surface area contributed by atoms with E-state index in [1.165, 1.54) is 18.2 Å².